The van der Waals surface area contributed by atoms with Crippen molar-refractivity contribution < 1.29 is 14.4 Å². The Labute approximate surface area is 113 Å². The van der Waals surface area contributed by atoms with E-state index >= 15 is 0 Å². The van der Waals surface area contributed by atoms with E-state index in [9.17, 15) is 9.90 Å². The molecular formula is C14H22N2O3. The SMILES string of the molecule is Cc1noc(C(C)C)c1C(=O)N[C@@H]1CCCC[C@H]1O. The van der Waals surface area contributed by atoms with E-state index in [2.05, 4.69) is 10.5 Å². The first-order valence-corrected chi connectivity index (χ1v) is 6.95. The molecule has 2 rings (SSSR count). The average molecular weight is 266 g/mol. The monoisotopic (exact) mass is 266 g/mol. The molecule has 5 heteroatoms. The molecule has 5 nitrogen and oxygen atoms in total. The number of aryl methyl sites for hydroxylation is 1. The molecule has 1 aliphatic rings. The van der Waals surface area contributed by atoms with Crippen LogP contribution >= 0.6 is 0 Å². The molecule has 1 amide bonds. The normalized spacial score (nSPS) is 23.6. The predicted molar refractivity (Wildman–Crippen MR) is 71.1 cm³/mol. The minimum absolute atomic E-state index is 0.109. The summed E-state index contributed by atoms with van der Waals surface area (Å²) < 4.78 is 5.22. The van der Waals surface area contributed by atoms with Crippen LogP contribution in [0.1, 0.15) is 67.3 Å². The van der Waals surface area contributed by atoms with Crippen LogP contribution in [0.4, 0.5) is 0 Å². The Balaban J connectivity index is 2.13. The maximum Gasteiger partial charge on any atom is 0.257 e. The lowest BCUT2D eigenvalue weighted by Gasteiger charge is -2.28. The summed E-state index contributed by atoms with van der Waals surface area (Å²) in [5, 5.41) is 16.7. The van der Waals surface area contributed by atoms with Gasteiger partial charge in [-0.1, -0.05) is 31.8 Å². The molecule has 1 aromatic rings. The Morgan fingerprint density at radius 3 is 2.74 bits per heavy atom. The van der Waals surface area contributed by atoms with E-state index in [1.807, 2.05) is 13.8 Å². The van der Waals surface area contributed by atoms with Gasteiger partial charge < -0.3 is 14.9 Å². The summed E-state index contributed by atoms with van der Waals surface area (Å²) in [7, 11) is 0. The number of aliphatic hydroxyl groups excluding tert-OH is 1. The molecule has 0 spiro atoms. The molecule has 0 aromatic carbocycles. The lowest BCUT2D eigenvalue weighted by Crippen LogP contribution is -2.45. The van der Waals surface area contributed by atoms with Crippen molar-refractivity contribution >= 4 is 5.91 Å². The number of nitrogens with one attached hydrogen (secondary N) is 1. The lowest BCUT2D eigenvalue weighted by molar-refractivity contribution is 0.0715. The molecular weight excluding hydrogens is 244 g/mol. The van der Waals surface area contributed by atoms with Crippen LogP contribution in [-0.4, -0.2) is 28.3 Å². The first-order valence-electron chi connectivity index (χ1n) is 6.95. The number of hydrogen-bond acceptors (Lipinski definition) is 4. The Morgan fingerprint density at radius 1 is 1.42 bits per heavy atom. The van der Waals surface area contributed by atoms with Gasteiger partial charge in [-0.25, -0.2) is 0 Å². The van der Waals surface area contributed by atoms with Crippen LogP contribution in [0.3, 0.4) is 0 Å². The van der Waals surface area contributed by atoms with Crippen LogP contribution in [0.25, 0.3) is 0 Å². The van der Waals surface area contributed by atoms with Crippen molar-refractivity contribution in [2.75, 3.05) is 0 Å². The number of aromatic nitrogens is 1. The zero-order chi connectivity index (χ0) is 14.0. The summed E-state index contributed by atoms with van der Waals surface area (Å²) in [5.41, 5.74) is 1.12. The van der Waals surface area contributed by atoms with E-state index in [4.69, 9.17) is 4.52 Å². The Morgan fingerprint density at radius 2 is 2.11 bits per heavy atom. The van der Waals surface area contributed by atoms with Gasteiger partial charge in [0.1, 0.15) is 5.56 Å². The first kappa shape index (κ1) is 14.1. The van der Waals surface area contributed by atoms with Gasteiger partial charge in [-0.2, -0.15) is 0 Å². The molecule has 1 aliphatic carbocycles. The molecule has 0 radical (unpaired) electrons. The highest BCUT2D eigenvalue weighted by atomic mass is 16.5. The highest BCUT2D eigenvalue weighted by Gasteiger charge is 2.28. The average Bonchev–Trinajstić information content (AvgIpc) is 2.74. The number of amides is 1. The van der Waals surface area contributed by atoms with Gasteiger partial charge in [0, 0.05) is 5.92 Å². The smallest absolute Gasteiger partial charge is 0.257 e. The second kappa shape index (κ2) is 5.74. The third kappa shape index (κ3) is 2.97. The van der Waals surface area contributed by atoms with Gasteiger partial charge >= 0.3 is 0 Å². The molecule has 106 valence electrons. The molecule has 1 aromatic heterocycles. The number of carbonyl (C=O) groups is 1. The molecule has 0 aliphatic heterocycles. The third-order valence-electron chi connectivity index (χ3n) is 3.69. The number of nitrogens with zero attached hydrogens (tertiary/aromatic N) is 1. The fourth-order valence-corrected chi connectivity index (χ4v) is 2.58. The van der Waals surface area contributed by atoms with Crippen molar-refractivity contribution in [2.24, 2.45) is 0 Å². The summed E-state index contributed by atoms with van der Waals surface area (Å²) in [6, 6.07) is -0.157. The summed E-state index contributed by atoms with van der Waals surface area (Å²) >= 11 is 0. The van der Waals surface area contributed by atoms with Crippen molar-refractivity contribution in [1.29, 1.82) is 0 Å². The van der Waals surface area contributed by atoms with Gasteiger partial charge in [0.15, 0.2) is 5.76 Å². The minimum atomic E-state index is -0.444. The Hall–Kier alpha value is -1.36. The van der Waals surface area contributed by atoms with Gasteiger partial charge in [0.05, 0.1) is 17.8 Å². The second-order valence-corrected chi connectivity index (χ2v) is 5.59. The maximum atomic E-state index is 12.3. The Bertz CT molecular complexity index is 454. The zero-order valence-corrected chi connectivity index (χ0v) is 11.8. The quantitative estimate of drug-likeness (QED) is 0.879. The van der Waals surface area contributed by atoms with Gasteiger partial charge in [-0.3, -0.25) is 4.79 Å². The van der Waals surface area contributed by atoms with E-state index in [1.54, 1.807) is 6.92 Å². The van der Waals surface area contributed by atoms with Gasteiger partial charge in [-0.05, 0) is 19.8 Å². The van der Waals surface area contributed by atoms with Crippen molar-refractivity contribution in [3.63, 3.8) is 0 Å². The van der Waals surface area contributed by atoms with Crippen LogP contribution in [0, 0.1) is 6.92 Å². The standard InChI is InChI=1S/C14H22N2O3/c1-8(2)13-12(9(3)16-19-13)14(18)15-10-6-4-5-7-11(10)17/h8,10-11,17H,4-7H2,1-3H3,(H,15,18)/t10-,11-/m1/s1. The van der Waals surface area contributed by atoms with Crippen LogP contribution in [-0.2, 0) is 0 Å². The summed E-state index contributed by atoms with van der Waals surface area (Å²) in [4.78, 5) is 12.3. The van der Waals surface area contributed by atoms with Crippen LogP contribution in [0.5, 0.6) is 0 Å². The highest BCUT2D eigenvalue weighted by Crippen LogP contribution is 2.24. The van der Waals surface area contributed by atoms with Crippen LogP contribution < -0.4 is 5.32 Å². The van der Waals surface area contributed by atoms with E-state index in [1.165, 1.54) is 0 Å². The molecule has 19 heavy (non-hydrogen) atoms. The number of hydrogen-bond donors (Lipinski definition) is 2. The third-order valence-corrected chi connectivity index (χ3v) is 3.69. The fraction of sp³-hybridized carbons (Fsp3) is 0.714. The summed E-state index contributed by atoms with van der Waals surface area (Å²) in [5.74, 6) is 0.534. The van der Waals surface area contributed by atoms with Crippen molar-refractivity contribution in [3.05, 3.63) is 17.0 Å². The molecule has 2 N–H and O–H groups in total. The maximum absolute atomic E-state index is 12.3. The van der Waals surface area contributed by atoms with Crippen molar-refractivity contribution in [2.45, 2.75) is 64.5 Å². The van der Waals surface area contributed by atoms with Crippen molar-refractivity contribution in [1.82, 2.24) is 10.5 Å². The van der Waals surface area contributed by atoms with Gasteiger partial charge in [0.25, 0.3) is 5.91 Å². The minimum Gasteiger partial charge on any atom is -0.391 e. The number of aliphatic hydroxyl groups is 1. The van der Waals surface area contributed by atoms with E-state index in [0.717, 1.165) is 25.7 Å². The molecule has 1 fully saturated rings. The Kier molecular flexibility index (Phi) is 4.24. The van der Waals surface area contributed by atoms with Crippen LogP contribution in [0.15, 0.2) is 4.52 Å². The van der Waals surface area contributed by atoms with E-state index in [0.29, 0.717) is 17.0 Å². The summed E-state index contributed by atoms with van der Waals surface area (Å²) in [6.07, 6.45) is 3.21. The van der Waals surface area contributed by atoms with E-state index in [-0.39, 0.29) is 17.9 Å². The number of rotatable bonds is 3. The summed E-state index contributed by atoms with van der Waals surface area (Å²) in [6.45, 7) is 5.69. The molecule has 0 unspecified atom stereocenters. The second-order valence-electron chi connectivity index (χ2n) is 5.59. The van der Waals surface area contributed by atoms with Crippen molar-refractivity contribution in [3.8, 4) is 0 Å². The lowest BCUT2D eigenvalue weighted by atomic mass is 9.92. The highest BCUT2D eigenvalue weighted by molar-refractivity contribution is 5.96. The molecule has 0 saturated heterocycles. The molecule has 1 saturated carbocycles. The molecule has 1 heterocycles. The van der Waals surface area contributed by atoms with Gasteiger partial charge in [-0.15, -0.1) is 0 Å². The predicted octanol–water partition coefficient (Wildman–Crippen LogP) is 2.14. The fourth-order valence-electron chi connectivity index (χ4n) is 2.58. The van der Waals surface area contributed by atoms with Crippen LogP contribution in [0.2, 0.25) is 0 Å². The molecule has 0 bridgehead atoms. The zero-order valence-electron chi connectivity index (χ0n) is 11.8. The largest absolute Gasteiger partial charge is 0.391 e. The molecule has 2 atom stereocenters. The topological polar surface area (TPSA) is 75.4 Å². The van der Waals surface area contributed by atoms with Gasteiger partial charge in [0.2, 0.25) is 0 Å². The number of carbonyl (C=O) groups excluding carboxylic acids is 1. The first-order chi connectivity index (χ1) is 9.00. The van der Waals surface area contributed by atoms with E-state index < -0.39 is 6.10 Å².